The SMILES string of the molecule is O=C(Nc1nc(-c2cccs2)cs1)c1cnc2ccccn2c1=O. The third kappa shape index (κ3) is 2.61. The Balaban J connectivity index is 1.63. The maximum atomic E-state index is 12.4. The van der Waals surface area contributed by atoms with Gasteiger partial charge < -0.3 is 0 Å². The first-order valence-electron chi connectivity index (χ1n) is 6.99. The first-order chi connectivity index (χ1) is 11.7. The van der Waals surface area contributed by atoms with Gasteiger partial charge in [0.25, 0.3) is 11.5 Å². The summed E-state index contributed by atoms with van der Waals surface area (Å²) in [5, 5.41) is 6.95. The van der Waals surface area contributed by atoms with Crippen LogP contribution in [0.5, 0.6) is 0 Å². The zero-order chi connectivity index (χ0) is 16.5. The third-order valence-corrected chi connectivity index (χ3v) is 5.01. The molecule has 0 unspecified atom stereocenters. The van der Waals surface area contributed by atoms with Crippen molar-refractivity contribution in [3.8, 4) is 10.6 Å². The lowest BCUT2D eigenvalue weighted by Gasteiger charge is -2.03. The second-order valence-corrected chi connectivity index (χ2v) is 6.68. The predicted octanol–water partition coefficient (Wildman–Crippen LogP) is 3.13. The monoisotopic (exact) mass is 354 g/mol. The van der Waals surface area contributed by atoms with Crippen LogP contribution in [-0.2, 0) is 0 Å². The molecule has 24 heavy (non-hydrogen) atoms. The highest BCUT2D eigenvalue weighted by molar-refractivity contribution is 7.16. The molecule has 0 radical (unpaired) electrons. The van der Waals surface area contributed by atoms with E-state index in [0.29, 0.717) is 10.8 Å². The summed E-state index contributed by atoms with van der Waals surface area (Å²) < 4.78 is 1.34. The molecule has 4 heterocycles. The molecule has 118 valence electrons. The fourth-order valence-electron chi connectivity index (χ4n) is 2.22. The van der Waals surface area contributed by atoms with Crippen molar-refractivity contribution >= 4 is 39.4 Å². The molecule has 0 aliphatic carbocycles. The van der Waals surface area contributed by atoms with Gasteiger partial charge in [-0.15, -0.1) is 22.7 Å². The van der Waals surface area contributed by atoms with Crippen molar-refractivity contribution in [3.05, 3.63) is 69.4 Å². The van der Waals surface area contributed by atoms with Crippen molar-refractivity contribution in [3.63, 3.8) is 0 Å². The van der Waals surface area contributed by atoms with Gasteiger partial charge in [0.15, 0.2) is 5.13 Å². The fraction of sp³-hybridized carbons (Fsp3) is 0. The summed E-state index contributed by atoms with van der Waals surface area (Å²) in [6, 6.07) is 9.11. The van der Waals surface area contributed by atoms with E-state index in [4.69, 9.17) is 0 Å². The summed E-state index contributed by atoms with van der Waals surface area (Å²) in [7, 11) is 0. The minimum atomic E-state index is -0.516. The average Bonchev–Trinajstić information content (AvgIpc) is 3.26. The van der Waals surface area contributed by atoms with Crippen LogP contribution < -0.4 is 10.9 Å². The maximum Gasteiger partial charge on any atom is 0.270 e. The molecule has 8 heteroatoms. The zero-order valence-electron chi connectivity index (χ0n) is 12.2. The first kappa shape index (κ1) is 14.7. The lowest BCUT2D eigenvalue weighted by atomic mass is 10.3. The van der Waals surface area contributed by atoms with E-state index >= 15 is 0 Å². The number of amides is 1. The summed E-state index contributed by atoms with van der Waals surface area (Å²) in [5.74, 6) is -0.516. The number of thiophene rings is 1. The van der Waals surface area contributed by atoms with Crippen molar-refractivity contribution in [1.82, 2.24) is 14.4 Å². The Morgan fingerprint density at radius 1 is 1.17 bits per heavy atom. The van der Waals surface area contributed by atoms with E-state index in [0.717, 1.165) is 10.6 Å². The number of fused-ring (bicyclic) bond motifs is 1. The van der Waals surface area contributed by atoms with E-state index in [1.807, 2.05) is 22.9 Å². The molecule has 1 N–H and O–H groups in total. The van der Waals surface area contributed by atoms with Crippen molar-refractivity contribution in [1.29, 1.82) is 0 Å². The fourth-order valence-corrected chi connectivity index (χ4v) is 3.68. The molecule has 1 amide bonds. The summed E-state index contributed by atoms with van der Waals surface area (Å²) in [4.78, 5) is 34.3. The number of carbonyl (C=O) groups excluding carboxylic acids is 1. The lowest BCUT2D eigenvalue weighted by Crippen LogP contribution is -2.26. The molecular formula is C16H10N4O2S2. The molecule has 6 nitrogen and oxygen atoms in total. The highest BCUT2D eigenvalue weighted by Gasteiger charge is 2.15. The zero-order valence-corrected chi connectivity index (χ0v) is 13.8. The van der Waals surface area contributed by atoms with E-state index in [-0.39, 0.29) is 5.56 Å². The Hall–Kier alpha value is -2.84. The Kier molecular flexibility index (Phi) is 3.68. The van der Waals surface area contributed by atoms with Crippen LogP contribution in [0.3, 0.4) is 0 Å². The molecule has 0 aromatic carbocycles. The third-order valence-electron chi connectivity index (χ3n) is 3.36. The number of aromatic nitrogens is 3. The molecule has 0 aliphatic heterocycles. The van der Waals surface area contributed by atoms with E-state index in [1.165, 1.54) is 21.9 Å². The molecule has 4 rings (SSSR count). The summed E-state index contributed by atoms with van der Waals surface area (Å²) in [6.07, 6.45) is 2.88. The van der Waals surface area contributed by atoms with Crippen molar-refractivity contribution in [2.45, 2.75) is 0 Å². The number of anilines is 1. The Morgan fingerprint density at radius 2 is 2.08 bits per heavy atom. The average molecular weight is 354 g/mol. The van der Waals surface area contributed by atoms with E-state index in [9.17, 15) is 9.59 Å². The number of hydrogen-bond acceptors (Lipinski definition) is 6. The minimum absolute atomic E-state index is 0.0217. The molecule has 4 aromatic heterocycles. The number of thiazole rings is 1. The summed E-state index contributed by atoms with van der Waals surface area (Å²) >= 11 is 2.89. The molecule has 0 saturated heterocycles. The highest BCUT2D eigenvalue weighted by atomic mass is 32.1. The first-order valence-corrected chi connectivity index (χ1v) is 8.75. The number of carbonyl (C=O) groups is 1. The Bertz CT molecular complexity index is 1080. The molecule has 0 bridgehead atoms. The van der Waals surface area contributed by atoms with Crippen LogP contribution >= 0.6 is 22.7 Å². The number of nitrogens with one attached hydrogen (secondary N) is 1. The van der Waals surface area contributed by atoms with Gasteiger partial charge in [0.2, 0.25) is 0 Å². The lowest BCUT2D eigenvalue weighted by molar-refractivity contribution is 0.102. The standard InChI is InChI=1S/C16H10N4O2S2/c21-14(10-8-17-13-5-1-2-6-20(13)15(10)22)19-16-18-11(9-24-16)12-4-3-7-23-12/h1-9H,(H,18,19,21). The van der Waals surface area contributed by atoms with Crippen LogP contribution in [0.4, 0.5) is 5.13 Å². The van der Waals surface area contributed by atoms with Gasteiger partial charge in [0.1, 0.15) is 11.2 Å². The molecular weight excluding hydrogens is 344 g/mol. The predicted molar refractivity (Wildman–Crippen MR) is 94.8 cm³/mol. The topological polar surface area (TPSA) is 76.4 Å². The normalized spacial score (nSPS) is 10.8. The Labute approximate surface area is 144 Å². The molecule has 0 aliphatic rings. The minimum Gasteiger partial charge on any atom is -0.298 e. The van der Waals surface area contributed by atoms with Crippen molar-refractivity contribution < 1.29 is 4.79 Å². The largest absolute Gasteiger partial charge is 0.298 e. The van der Waals surface area contributed by atoms with Gasteiger partial charge in [-0.25, -0.2) is 9.97 Å². The van der Waals surface area contributed by atoms with E-state index < -0.39 is 11.5 Å². The van der Waals surface area contributed by atoms with Gasteiger partial charge in [0, 0.05) is 17.8 Å². The van der Waals surface area contributed by atoms with Gasteiger partial charge in [-0.1, -0.05) is 12.1 Å². The smallest absolute Gasteiger partial charge is 0.270 e. The van der Waals surface area contributed by atoms with Crippen molar-refractivity contribution in [2.75, 3.05) is 5.32 Å². The van der Waals surface area contributed by atoms with Crippen LogP contribution in [-0.4, -0.2) is 20.3 Å². The quantitative estimate of drug-likeness (QED) is 0.613. The molecule has 0 saturated carbocycles. The highest BCUT2D eigenvalue weighted by Crippen LogP contribution is 2.28. The van der Waals surface area contributed by atoms with E-state index in [1.54, 1.807) is 35.7 Å². The molecule has 0 spiro atoms. The van der Waals surface area contributed by atoms with Gasteiger partial charge in [-0.05, 0) is 23.6 Å². The second kappa shape index (κ2) is 5.99. The van der Waals surface area contributed by atoms with E-state index in [2.05, 4.69) is 15.3 Å². The van der Waals surface area contributed by atoms with Gasteiger partial charge in [-0.2, -0.15) is 0 Å². The molecule has 0 atom stereocenters. The van der Waals surface area contributed by atoms with Crippen LogP contribution in [0.25, 0.3) is 16.2 Å². The second-order valence-electron chi connectivity index (χ2n) is 4.88. The maximum absolute atomic E-state index is 12.4. The number of rotatable bonds is 3. The number of pyridine rings is 1. The van der Waals surface area contributed by atoms with Crippen LogP contribution in [0.15, 0.2) is 58.3 Å². The van der Waals surface area contributed by atoms with Crippen LogP contribution in [0, 0.1) is 0 Å². The van der Waals surface area contributed by atoms with Gasteiger partial charge in [-0.3, -0.25) is 19.3 Å². The van der Waals surface area contributed by atoms with Crippen molar-refractivity contribution in [2.24, 2.45) is 0 Å². The van der Waals surface area contributed by atoms with Crippen LogP contribution in [0.2, 0.25) is 0 Å². The van der Waals surface area contributed by atoms with Crippen LogP contribution in [0.1, 0.15) is 10.4 Å². The van der Waals surface area contributed by atoms with Gasteiger partial charge in [0.05, 0.1) is 10.6 Å². The number of nitrogens with zero attached hydrogens (tertiary/aromatic N) is 3. The summed E-state index contributed by atoms with van der Waals surface area (Å²) in [5.41, 5.74) is 0.867. The van der Waals surface area contributed by atoms with Gasteiger partial charge >= 0.3 is 0 Å². The molecule has 0 fully saturated rings. The Morgan fingerprint density at radius 3 is 2.92 bits per heavy atom. The summed E-state index contributed by atoms with van der Waals surface area (Å²) in [6.45, 7) is 0. The molecule has 4 aromatic rings. The number of hydrogen-bond donors (Lipinski definition) is 1.